The van der Waals surface area contributed by atoms with Gasteiger partial charge in [-0.3, -0.25) is 4.68 Å². The van der Waals surface area contributed by atoms with Gasteiger partial charge in [0.2, 0.25) is 0 Å². The summed E-state index contributed by atoms with van der Waals surface area (Å²) in [7, 11) is -1.05. The highest BCUT2D eigenvalue weighted by Crippen LogP contribution is 2.16. The van der Waals surface area contributed by atoms with Gasteiger partial charge in [-0.15, -0.1) is 0 Å². The van der Waals surface area contributed by atoms with Crippen LogP contribution in [-0.2, 0) is 16.9 Å². The van der Waals surface area contributed by atoms with E-state index in [1.807, 2.05) is 13.1 Å². The Hall–Kier alpha value is -0.880. The molecule has 1 aromatic heterocycles. The number of aryl methyl sites for hydroxylation is 1. The molecule has 17 heavy (non-hydrogen) atoms. The number of rotatable bonds is 7. The molecule has 0 aliphatic rings. The molecule has 1 heterocycles. The van der Waals surface area contributed by atoms with E-state index in [-0.39, 0.29) is 11.8 Å². The lowest BCUT2D eigenvalue weighted by molar-refractivity contribution is 0.482. The minimum atomic E-state index is -2.92. The maximum atomic E-state index is 11.2. The predicted octanol–water partition coefficient (Wildman–Crippen LogP) is 0.895. The van der Waals surface area contributed by atoms with E-state index >= 15 is 0 Å². The first kappa shape index (κ1) is 14.2. The Balaban J connectivity index is 2.71. The van der Waals surface area contributed by atoms with Gasteiger partial charge >= 0.3 is 0 Å². The topological polar surface area (TPSA) is 64.0 Å². The van der Waals surface area contributed by atoms with Crippen molar-refractivity contribution >= 4 is 9.84 Å². The zero-order chi connectivity index (χ0) is 12.9. The second kappa shape index (κ2) is 6.16. The lowest BCUT2D eigenvalue weighted by Gasteiger charge is -2.18. The SMILES string of the molecule is CCCNC(CCS(C)(=O)=O)c1ccnn1C. The van der Waals surface area contributed by atoms with Crippen molar-refractivity contribution in [2.24, 2.45) is 7.05 Å². The molecule has 0 aromatic carbocycles. The van der Waals surface area contributed by atoms with Crippen LogP contribution >= 0.6 is 0 Å². The van der Waals surface area contributed by atoms with Gasteiger partial charge < -0.3 is 5.32 Å². The van der Waals surface area contributed by atoms with Crippen molar-refractivity contribution in [1.82, 2.24) is 15.1 Å². The van der Waals surface area contributed by atoms with Gasteiger partial charge in [-0.2, -0.15) is 5.10 Å². The normalized spacial score (nSPS) is 13.8. The van der Waals surface area contributed by atoms with Crippen LogP contribution in [0.1, 0.15) is 31.5 Å². The largest absolute Gasteiger partial charge is 0.309 e. The van der Waals surface area contributed by atoms with Crippen LogP contribution in [0.3, 0.4) is 0 Å². The molecule has 98 valence electrons. The van der Waals surface area contributed by atoms with Crippen molar-refractivity contribution in [1.29, 1.82) is 0 Å². The number of sulfone groups is 1. The Kier molecular flexibility index (Phi) is 5.14. The Morgan fingerprint density at radius 1 is 1.53 bits per heavy atom. The van der Waals surface area contributed by atoms with E-state index in [9.17, 15) is 8.42 Å². The Bertz CT molecular complexity index is 439. The Morgan fingerprint density at radius 2 is 2.24 bits per heavy atom. The number of hydrogen-bond acceptors (Lipinski definition) is 4. The van der Waals surface area contributed by atoms with Crippen molar-refractivity contribution in [3.63, 3.8) is 0 Å². The lowest BCUT2D eigenvalue weighted by atomic mass is 10.1. The summed E-state index contributed by atoms with van der Waals surface area (Å²) in [5.74, 6) is 0.194. The molecule has 1 rings (SSSR count). The average Bonchev–Trinajstić information content (AvgIpc) is 2.63. The Labute approximate surface area is 103 Å². The van der Waals surface area contributed by atoms with Gasteiger partial charge in [0.1, 0.15) is 9.84 Å². The van der Waals surface area contributed by atoms with Gasteiger partial charge in [-0.1, -0.05) is 6.92 Å². The highest BCUT2D eigenvalue weighted by atomic mass is 32.2. The van der Waals surface area contributed by atoms with Crippen LogP contribution in [0.2, 0.25) is 0 Å². The monoisotopic (exact) mass is 259 g/mol. The molecule has 0 aliphatic heterocycles. The number of hydrogen-bond donors (Lipinski definition) is 1. The molecule has 1 aromatic rings. The second-order valence-electron chi connectivity index (χ2n) is 4.30. The molecule has 0 saturated heterocycles. The third-order valence-corrected chi connectivity index (χ3v) is 3.61. The maximum Gasteiger partial charge on any atom is 0.147 e. The molecule has 0 amide bonds. The molecule has 1 unspecified atom stereocenters. The fraction of sp³-hybridized carbons (Fsp3) is 0.727. The molecular formula is C11H21N3O2S. The summed E-state index contributed by atoms with van der Waals surface area (Å²) < 4.78 is 24.2. The summed E-state index contributed by atoms with van der Waals surface area (Å²) in [6.45, 7) is 2.96. The van der Waals surface area contributed by atoms with E-state index in [4.69, 9.17) is 0 Å². The number of nitrogens with one attached hydrogen (secondary N) is 1. The van der Waals surface area contributed by atoms with Crippen molar-refractivity contribution in [2.45, 2.75) is 25.8 Å². The summed E-state index contributed by atoms with van der Waals surface area (Å²) in [5.41, 5.74) is 1.03. The lowest BCUT2D eigenvalue weighted by Crippen LogP contribution is -2.26. The fourth-order valence-electron chi connectivity index (χ4n) is 1.73. The molecule has 0 radical (unpaired) electrons. The molecule has 0 spiro atoms. The molecular weight excluding hydrogens is 238 g/mol. The maximum absolute atomic E-state index is 11.2. The number of nitrogens with zero attached hydrogens (tertiary/aromatic N) is 2. The van der Waals surface area contributed by atoms with Crippen LogP contribution in [0.5, 0.6) is 0 Å². The fourth-order valence-corrected chi connectivity index (χ4v) is 2.39. The minimum absolute atomic E-state index is 0.0529. The summed E-state index contributed by atoms with van der Waals surface area (Å²) in [4.78, 5) is 0. The first-order valence-corrected chi connectivity index (χ1v) is 7.89. The zero-order valence-corrected chi connectivity index (χ0v) is 11.5. The predicted molar refractivity (Wildman–Crippen MR) is 68.6 cm³/mol. The second-order valence-corrected chi connectivity index (χ2v) is 6.56. The summed E-state index contributed by atoms with van der Waals surface area (Å²) in [5, 5.41) is 7.48. The quantitative estimate of drug-likeness (QED) is 0.790. The van der Waals surface area contributed by atoms with E-state index in [0.717, 1.165) is 18.7 Å². The first-order valence-electron chi connectivity index (χ1n) is 5.83. The third-order valence-electron chi connectivity index (χ3n) is 2.63. The van der Waals surface area contributed by atoms with Gasteiger partial charge in [0.05, 0.1) is 17.5 Å². The zero-order valence-electron chi connectivity index (χ0n) is 10.7. The molecule has 6 heteroatoms. The summed E-state index contributed by atoms with van der Waals surface area (Å²) in [6.07, 6.45) is 4.61. The summed E-state index contributed by atoms with van der Waals surface area (Å²) >= 11 is 0. The van der Waals surface area contributed by atoms with Crippen molar-refractivity contribution in [3.8, 4) is 0 Å². The van der Waals surface area contributed by atoms with E-state index in [1.54, 1.807) is 10.9 Å². The molecule has 1 atom stereocenters. The van der Waals surface area contributed by atoms with Crippen LogP contribution in [-0.4, -0.2) is 36.8 Å². The van der Waals surface area contributed by atoms with Crippen molar-refractivity contribution in [3.05, 3.63) is 18.0 Å². The van der Waals surface area contributed by atoms with Gasteiger partial charge in [-0.05, 0) is 25.5 Å². The van der Waals surface area contributed by atoms with Crippen LogP contribution in [0, 0.1) is 0 Å². The van der Waals surface area contributed by atoms with Crippen LogP contribution in [0.4, 0.5) is 0 Å². The highest BCUT2D eigenvalue weighted by Gasteiger charge is 2.16. The standard InChI is InChI=1S/C11H21N3O2S/c1-4-7-12-10(6-9-17(3,15)16)11-5-8-13-14(11)2/h5,8,10,12H,4,6-7,9H2,1-3H3. The average molecular weight is 259 g/mol. The summed E-state index contributed by atoms with van der Waals surface area (Å²) in [6, 6.07) is 1.98. The van der Waals surface area contributed by atoms with Crippen molar-refractivity contribution in [2.75, 3.05) is 18.6 Å². The van der Waals surface area contributed by atoms with E-state index < -0.39 is 9.84 Å². The third kappa shape index (κ3) is 4.87. The molecule has 0 aliphatic carbocycles. The molecule has 0 saturated carbocycles. The molecule has 5 nitrogen and oxygen atoms in total. The van der Waals surface area contributed by atoms with Gasteiger partial charge in [0, 0.05) is 19.5 Å². The van der Waals surface area contributed by atoms with Gasteiger partial charge in [-0.25, -0.2) is 8.42 Å². The molecule has 0 fully saturated rings. The minimum Gasteiger partial charge on any atom is -0.309 e. The van der Waals surface area contributed by atoms with E-state index in [0.29, 0.717) is 6.42 Å². The van der Waals surface area contributed by atoms with Gasteiger partial charge in [0.15, 0.2) is 0 Å². The first-order chi connectivity index (χ1) is 7.94. The van der Waals surface area contributed by atoms with E-state index in [2.05, 4.69) is 17.3 Å². The number of aromatic nitrogens is 2. The van der Waals surface area contributed by atoms with Crippen molar-refractivity contribution < 1.29 is 8.42 Å². The van der Waals surface area contributed by atoms with E-state index in [1.165, 1.54) is 6.26 Å². The van der Waals surface area contributed by atoms with Gasteiger partial charge in [0.25, 0.3) is 0 Å². The Morgan fingerprint density at radius 3 is 2.71 bits per heavy atom. The van der Waals surface area contributed by atoms with Crippen LogP contribution in [0.25, 0.3) is 0 Å². The van der Waals surface area contributed by atoms with Crippen LogP contribution < -0.4 is 5.32 Å². The molecule has 0 bridgehead atoms. The van der Waals surface area contributed by atoms with Crippen LogP contribution in [0.15, 0.2) is 12.3 Å². The smallest absolute Gasteiger partial charge is 0.147 e. The molecule has 1 N–H and O–H groups in total. The highest BCUT2D eigenvalue weighted by molar-refractivity contribution is 7.90.